The molecule has 1 aliphatic rings. The third-order valence-electron chi connectivity index (χ3n) is 4.10. The van der Waals surface area contributed by atoms with Crippen LogP contribution in [0.3, 0.4) is 0 Å². The third-order valence-corrected chi connectivity index (χ3v) is 5.10. The monoisotopic (exact) mass is 358 g/mol. The van der Waals surface area contributed by atoms with E-state index in [1.165, 1.54) is 11.3 Å². The number of nitrogens with one attached hydrogen (secondary N) is 1. The highest BCUT2D eigenvalue weighted by atomic mass is 32.1. The van der Waals surface area contributed by atoms with Gasteiger partial charge in [0.25, 0.3) is 0 Å². The number of amides is 2. The largest absolute Gasteiger partial charge is 0.312 e. The van der Waals surface area contributed by atoms with Crippen LogP contribution in [0.4, 0.5) is 10.8 Å². The van der Waals surface area contributed by atoms with Crippen molar-refractivity contribution in [2.45, 2.75) is 39.5 Å². The molecule has 132 valence electrons. The van der Waals surface area contributed by atoms with Gasteiger partial charge < -0.3 is 10.2 Å². The zero-order valence-corrected chi connectivity index (χ0v) is 15.5. The fourth-order valence-corrected chi connectivity index (χ4v) is 3.69. The Morgan fingerprint density at radius 2 is 2.04 bits per heavy atom. The minimum absolute atomic E-state index is 0.0158. The van der Waals surface area contributed by atoms with Crippen molar-refractivity contribution in [3.63, 3.8) is 0 Å². The molecule has 1 aliphatic heterocycles. The van der Waals surface area contributed by atoms with Crippen molar-refractivity contribution >= 4 is 34.0 Å². The van der Waals surface area contributed by atoms with Crippen molar-refractivity contribution in [2.75, 3.05) is 16.8 Å². The highest BCUT2D eigenvalue weighted by Crippen LogP contribution is 2.34. The van der Waals surface area contributed by atoms with Crippen molar-refractivity contribution < 1.29 is 9.59 Å². The summed E-state index contributed by atoms with van der Waals surface area (Å²) >= 11 is 1.35. The summed E-state index contributed by atoms with van der Waals surface area (Å²) in [6.45, 7) is 6.61. The van der Waals surface area contributed by atoms with Crippen LogP contribution in [0.2, 0.25) is 0 Å². The van der Waals surface area contributed by atoms with E-state index >= 15 is 0 Å². The zero-order chi connectivity index (χ0) is 18.0. The lowest BCUT2D eigenvalue weighted by molar-refractivity contribution is -0.117. The van der Waals surface area contributed by atoms with Gasteiger partial charge in [-0.2, -0.15) is 0 Å². The molecule has 25 heavy (non-hydrogen) atoms. The van der Waals surface area contributed by atoms with Crippen LogP contribution in [-0.2, 0) is 9.59 Å². The molecule has 7 heteroatoms. The van der Waals surface area contributed by atoms with E-state index in [0.717, 1.165) is 16.3 Å². The van der Waals surface area contributed by atoms with Gasteiger partial charge in [-0.3, -0.25) is 9.59 Å². The summed E-state index contributed by atoms with van der Waals surface area (Å²) in [5, 5.41) is 12.3. The van der Waals surface area contributed by atoms with E-state index in [9.17, 15) is 9.59 Å². The number of aryl methyl sites for hydroxylation is 1. The second-order valence-corrected chi connectivity index (χ2v) is 7.84. The summed E-state index contributed by atoms with van der Waals surface area (Å²) in [6.07, 6.45) is 0.875. The Hall–Kier alpha value is -2.28. The van der Waals surface area contributed by atoms with E-state index in [2.05, 4.69) is 15.5 Å². The molecule has 0 aliphatic carbocycles. The number of nitrogens with zero attached hydrogens (tertiary/aromatic N) is 3. The molecule has 0 saturated carbocycles. The van der Waals surface area contributed by atoms with E-state index < -0.39 is 0 Å². The normalized spacial score (nSPS) is 17.4. The molecule has 3 rings (SSSR count). The highest BCUT2D eigenvalue weighted by Gasteiger charge is 2.33. The molecule has 1 saturated heterocycles. The van der Waals surface area contributed by atoms with Gasteiger partial charge in [0.15, 0.2) is 0 Å². The van der Waals surface area contributed by atoms with Gasteiger partial charge in [0, 0.05) is 31.0 Å². The number of hydrogen-bond acceptors (Lipinski definition) is 5. The molecule has 1 atom stereocenters. The first-order valence-corrected chi connectivity index (χ1v) is 9.24. The van der Waals surface area contributed by atoms with Crippen molar-refractivity contribution in [3.8, 4) is 0 Å². The van der Waals surface area contributed by atoms with E-state index in [1.807, 2.05) is 45.0 Å². The van der Waals surface area contributed by atoms with Crippen LogP contribution in [0.5, 0.6) is 0 Å². The molecule has 6 nitrogen and oxygen atoms in total. The summed E-state index contributed by atoms with van der Waals surface area (Å²) in [6, 6.07) is 7.94. The van der Waals surface area contributed by atoms with E-state index in [-0.39, 0.29) is 17.7 Å². The molecular formula is C18H22N4O2S. The predicted molar refractivity (Wildman–Crippen MR) is 98.9 cm³/mol. The van der Waals surface area contributed by atoms with E-state index in [0.29, 0.717) is 30.4 Å². The Bertz CT molecular complexity index is 770. The number of carbonyl (C=O) groups excluding carboxylic acids is 2. The smallest absolute Gasteiger partial charge is 0.227 e. The average molecular weight is 358 g/mol. The van der Waals surface area contributed by atoms with Crippen molar-refractivity contribution in [1.82, 2.24) is 10.2 Å². The minimum Gasteiger partial charge on any atom is -0.312 e. The summed E-state index contributed by atoms with van der Waals surface area (Å²) in [4.78, 5) is 26.0. The van der Waals surface area contributed by atoms with Gasteiger partial charge in [-0.25, -0.2) is 0 Å². The summed E-state index contributed by atoms with van der Waals surface area (Å²) in [5.74, 6) is 0.348. The number of aromatic nitrogens is 2. The second-order valence-electron chi connectivity index (χ2n) is 6.83. The minimum atomic E-state index is -0.0542. The maximum absolute atomic E-state index is 12.4. The number of carbonyl (C=O) groups is 2. The molecule has 1 aromatic heterocycles. The lowest BCUT2D eigenvalue weighted by atomic mass is 10.1. The Morgan fingerprint density at radius 3 is 2.72 bits per heavy atom. The number of hydrogen-bond donors (Lipinski definition) is 1. The molecule has 1 aromatic carbocycles. The van der Waals surface area contributed by atoms with Gasteiger partial charge in [0.05, 0.1) is 0 Å². The topological polar surface area (TPSA) is 75.2 Å². The number of benzene rings is 1. The van der Waals surface area contributed by atoms with Crippen molar-refractivity contribution in [3.05, 3.63) is 34.8 Å². The van der Waals surface area contributed by atoms with Gasteiger partial charge in [-0.05, 0) is 25.0 Å². The van der Waals surface area contributed by atoms with Crippen molar-refractivity contribution in [1.29, 1.82) is 0 Å². The maximum atomic E-state index is 12.4. The van der Waals surface area contributed by atoms with E-state index in [1.54, 1.807) is 4.90 Å². The van der Waals surface area contributed by atoms with Crippen LogP contribution in [0.15, 0.2) is 24.3 Å². The molecule has 1 unspecified atom stereocenters. The van der Waals surface area contributed by atoms with Gasteiger partial charge >= 0.3 is 0 Å². The van der Waals surface area contributed by atoms with Crippen LogP contribution in [-0.4, -0.2) is 28.6 Å². The fourth-order valence-electron chi connectivity index (χ4n) is 2.84. The second kappa shape index (κ2) is 7.31. The Labute approximate surface area is 151 Å². The van der Waals surface area contributed by atoms with Gasteiger partial charge in [0.2, 0.25) is 16.9 Å². The molecule has 2 amide bonds. The Kier molecular flexibility index (Phi) is 5.13. The summed E-state index contributed by atoms with van der Waals surface area (Å²) < 4.78 is 0. The SMILES string of the molecule is Cc1ccc(N2CC(c3nnc(NC(=O)CC(C)C)s3)CC2=O)cc1. The highest BCUT2D eigenvalue weighted by molar-refractivity contribution is 7.15. The van der Waals surface area contributed by atoms with Crippen LogP contribution < -0.4 is 10.2 Å². The third kappa shape index (κ3) is 4.22. The molecule has 2 heterocycles. The Balaban J connectivity index is 1.66. The van der Waals surface area contributed by atoms with Crippen LogP contribution >= 0.6 is 11.3 Å². The molecule has 1 fully saturated rings. The van der Waals surface area contributed by atoms with Gasteiger partial charge in [-0.1, -0.05) is 42.9 Å². The van der Waals surface area contributed by atoms with Crippen LogP contribution in [0.1, 0.15) is 43.2 Å². The number of rotatable bonds is 5. The van der Waals surface area contributed by atoms with Gasteiger partial charge in [0.1, 0.15) is 5.01 Å². The van der Waals surface area contributed by atoms with E-state index in [4.69, 9.17) is 0 Å². The summed E-state index contributed by atoms with van der Waals surface area (Å²) in [5.41, 5.74) is 2.07. The molecule has 0 bridgehead atoms. The molecular weight excluding hydrogens is 336 g/mol. The Morgan fingerprint density at radius 1 is 1.32 bits per heavy atom. The van der Waals surface area contributed by atoms with Crippen LogP contribution in [0, 0.1) is 12.8 Å². The lowest BCUT2D eigenvalue weighted by Gasteiger charge is -2.16. The molecule has 0 radical (unpaired) electrons. The molecule has 1 N–H and O–H groups in total. The zero-order valence-electron chi connectivity index (χ0n) is 14.7. The maximum Gasteiger partial charge on any atom is 0.227 e. The molecule has 0 spiro atoms. The van der Waals surface area contributed by atoms with Crippen LogP contribution in [0.25, 0.3) is 0 Å². The predicted octanol–water partition coefficient (Wildman–Crippen LogP) is 3.35. The quantitative estimate of drug-likeness (QED) is 0.889. The average Bonchev–Trinajstić information content (AvgIpc) is 3.14. The first kappa shape index (κ1) is 17.5. The first-order valence-electron chi connectivity index (χ1n) is 8.42. The standard InChI is InChI=1S/C18H22N4O2S/c1-11(2)8-15(23)19-18-21-20-17(25-18)13-9-16(24)22(10-13)14-6-4-12(3)5-7-14/h4-7,11,13H,8-10H2,1-3H3,(H,19,21,23). The van der Waals surface area contributed by atoms with Gasteiger partial charge in [-0.15, -0.1) is 10.2 Å². The number of anilines is 2. The summed E-state index contributed by atoms with van der Waals surface area (Å²) in [7, 11) is 0. The fraction of sp³-hybridized carbons (Fsp3) is 0.444. The lowest BCUT2D eigenvalue weighted by Crippen LogP contribution is -2.24. The van der Waals surface area contributed by atoms with Crippen molar-refractivity contribution in [2.24, 2.45) is 5.92 Å². The first-order chi connectivity index (χ1) is 11.9. The molecule has 2 aromatic rings.